The molecule has 0 saturated heterocycles. The third-order valence-corrected chi connectivity index (χ3v) is 1.76. The first-order valence-corrected chi connectivity index (χ1v) is 4.67. The van der Waals surface area contributed by atoms with Crippen LogP contribution >= 0.6 is 0 Å². The van der Waals surface area contributed by atoms with E-state index in [0.717, 1.165) is 12.1 Å². The lowest BCUT2D eigenvalue weighted by molar-refractivity contribution is 1.02. The number of imidazole rings is 1. The number of hydrogen-bond donors (Lipinski definition) is 0. The molecule has 2 aromatic heterocycles. The van der Waals surface area contributed by atoms with Crippen LogP contribution in [0.3, 0.4) is 0 Å². The maximum atomic E-state index is 4.21. The molecule has 0 aliphatic carbocycles. The minimum absolute atomic E-state index is 0.981. The van der Waals surface area contributed by atoms with Crippen molar-refractivity contribution in [2.75, 3.05) is 0 Å². The summed E-state index contributed by atoms with van der Waals surface area (Å²) in [5, 5.41) is 0. The first-order chi connectivity index (χ1) is 6.42. The Hall–Kier alpha value is -1.38. The summed E-state index contributed by atoms with van der Waals surface area (Å²) >= 11 is 0. The van der Waals surface area contributed by atoms with E-state index in [-0.39, 0.29) is 0 Å². The molecule has 0 aliphatic heterocycles. The van der Waals surface area contributed by atoms with E-state index < -0.39 is 0 Å². The third kappa shape index (κ3) is 1.86. The molecular formula is C10H15N3. The van der Waals surface area contributed by atoms with Gasteiger partial charge in [0, 0.05) is 24.2 Å². The number of aromatic nitrogens is 3. The van der Waals surface area contributed by atoms with E-state index >= 15 is 0 Å². The van der Waals surface area contributed by atoms with Gasteiger partial charge in [-0.25, -0.2) is 9.97 Å². The highest BCUT2D eigenvalue weighted by molar-refractivity contribution is 5.45. The SMILES string of the molecule is CC.CCc1cncn2ccnc12. The fourth-order valence-electron chi connectivity index (χ4n) is 1.16. The Labute approximate surface area is 78.5 Å². The van der Waals surface area contributed by atoms with E-state index in [0.29, 0.717) is 0 Å². The zero-order valence-corrected chi connectivity index (χ0v) is 8.36. The predicted molar refractivity (Wildman–Crippen MR) is 53.7 cm³/mol. The number of fused-ring (bicyclic) bond motifs is 1. The van der Waals surface area contributed by atoms with Gasteiger partial charge in [-0.1, -0.05) is 20.8 Å². The highest BCUT2D eigenvalue weighted by Gasteiger charge is 1.98. The van der Waals surface area contributed by atoms with Crippen molar-refractivity contribution in [3.8, 4) is 0 Å². The zero-order chi connectivity index (χ0) is 9.68. The van der Waals surface area contributed by atoms with Crippen LogP contribution in [0.25, 0.3) is 5.65 Å². The normalized spacial score (nSPS) is 9.46. The van der Waals surface area contributed by atoms with Gasteiger partial charge in [-0.3, -0.25) is 4.40 Å². The number of nitrogens with zero attached hydrogens (tertiary/aromatic N) is 3. The second-order valence-electron chi connectivity index (χ2n) is 2.43. The van der Waals surface area contributed by atoms with E-state index in [2.05, 4.69) is 16.9 Å². The predicted octanol–water partition coefficient (Wildman–Crippen LogP) is 2.32. The number of aryl methyl sites for hydroxylation is 1. The van der Waals surface area contributed by atoms with Gasteiger partial charge < -0.3 is 0 Å². The van der Waals surface area contributed by atoms with Crippen molar-refractivity contribution in [3.63, 3.8) is 0 Å². The maximum absolute atomic E-state index is 4.21. The van der Waals surface area contributed by atoms with Crippen molar-refractivity contribution < 1.29 is 0 Å². The average Bonchev–Trinajstić information content (AvgIpc) is 2.68. The fourth-order valence-corrected chi connectivity index (χ4v) is 1.16. The van der Waals surface area contributed by atoms with Crippen LogP contribution in [0.4, 0.5) is 0 Å². The summed E-state index contributed by atoms with van der Waals surface area (Å²) < 4.78 is 1.93. The van der Waals surface area contributed by atoms with Gasteiger partial charge in [-0.2, -0.15) is 0 Å². The molecule has 2 rings (SSSR count). The van der Waals surface area contributed by atoms with Gasteiger partial charge in [0.15, 0.2) is 0 Å². The molecule has 0 N–H and O–H groups in total. The molecule has 0 saturated carbocycles. The summed E-state index contributed by atoms with van der Waals surface area (Å²) in [5.74, 6) is 0. The molecule has 0 atom stereocenters. The lowest BCUT2D eigenvalue weighted by Crippen LogP contribution is -1.91. The van der Waals surface area contributed by atoms with Crippen molar-refractivity contribution in [3.05, 3.63) is 30.5 Å². The molecule has 0 radical (unpaired) electrons. The van der Waals surface area contributed by atoms with Crippen LogP contribution in [-0.4, -0.2) is 14.4 Å². The summed E-state index contributed by atoms with van der Waals surface area (Å²) in [4.78, 5) is 8.29. The quantitative estimate of drug-likeness (QED) is 0.669. The molecule has 0 amide bonds. The zero-order valence-electron chi connectivity index (χ0n) is 8.36. The van der Waals surface area contributed by atoms with Crippen LogP contribution in [0.1, 0.15) is 26.3 Å². The van der Waals surface area contributed by atoms with E-state index in [4.69, 9.17) is 0 Å². The molecule has 2 aromatic rings. The molecule has 0 unspecified atom stereocenters. The van der Waals surface area contributed by atoms with E-state index in [1.165, 1.54) is 5.56 Å². The van der Waals surface area contributed by atoms with E-state index in [1.54, 1.807) is 12.5 Å². The molecule has 13 heavy (non-hydrogen) atoms. The van der Waals surface area contributed by atoms with Crippen LogP contribution < -0.4 is 0 Å². The van der Waals surface area contributed by atoms with Gasteiger partial charge in [0.1, 0.15) is 12.0 Å². The molecule has 0 spiro atoms. The van der Waals surface area contributed by atoms with Crippen LogP contribution in [0, 0.1) is 0 Å². The molecule has 0 aromatic carbocycles. The van der Waals surface area contributed by atoms with E-state index in [1.807, 2.05) is 30.6 Å². The Balaban J connectivity index is 0.000000396. The van der Waals surface area contributed by atoms with Crippen molar-refractivity contribution in [1.29, 1.82) is 0 Å². The highest BCUT2D eigenvalue weighted by atomic mass is 15.0. The summed E-state index contributed by atoms with van der Waals surface area (Å²) in [7, 11) is 0. The first-order valence-electron chi connectivity index (χ1n) is 4.67. The number of rotatable bonds is 1. The maximum Gasteiger partial charge on any atom is 0.142 e. The van der Waals surface area contributed by atoms with Gasteiger partial charge in [-0.15, -0.1) is 0 Å². The largest absolute Gasteiger partial charge is 0.290 e. The number of hydrogen-bond acceptors (Lipinski definition) is 2. The summed E-state index contributed by atoms with van der Waals surface area (Å²) in [6.45, 7) is 6.10. The topological polar surface area (TPSA) is 30.2 Å². The summed E-state index contributed by atoms with van der Waals surface area (Å²) in [5.41, 5.74) is 2.21. The highest BCUT2D eigenvalue weighted by Crippen LogP contribution is 2.06. The van der Waals surface area contributed by atoms with Crippen LogP contribution in [0.2, 0.25) is 0 Å². The van der Waals surface area contributed by atoms with Gasteiger partial charge in [0.2, 0.25) is 0 Å². The Morgan fingerprint density at radius 2 is 2.15 bits per heavy atom. The van der Waals surface area contributed by atoms with Crippen molar-refractivity contribution in [2.45, 2.75) is 27.2 Å². The molecule has 0 aliphatic rings. The Morgan fingerprint density at radius 1 is 1.38 bits per heavy atom. The van der Waals surface area contributed by atoms with Gasteiger partial charge in [0.25, 0.3) is 0 Å². The Morgan fingerprint density at radius 3 is 2.85 bits per heavy atom. The Bertz CT molecular complexity index is 365. The third-order valence-electron chi connectivity index (χ3n) is 1.76. The monoisotopic (exact) mass is 177 g/mol. The fraction of sp³-hybridized carbons (Fsp3) is 0.400. The molecule has 3 nitrogen and oxygen atoms in total. The Kier molecular flexibility index (Phi) is 3.43. The molecule has 3 heteroatoms. The van der Waals surface area contributed by atoms with Crippen LogP contribution in [-0.2, 0) is 6.42 Å². The minimum atomic E-state index is 0.981. The van der Waals surface area contributed by atoms with Crippen molar-refractivity contribution in [2.24, 2.45) is 0 Å². The lowest BCUT2D eigenvalue weighted by atomic mass is 10.2. The van der Waals surface area contributed by atoms with Gasteiger partial charge >= 0.3 is 0 Å². The van der Waals surface area contributed by atoms with Crippen LogP contribution in [0.15, 0.2) is 24.9 Å². The smallest absolute Gasteiger partial charge is 0.142 e. The van der Waals surface area contributed by atoms with Gasteiger partial charge in [0.05, 0.1) is 0 Å². The van der Waals surface area contributed by atoms with Crippen LogP contribution in [0.5, 0.6) is 0 Å². The van der Waals surface area contributed by atoms with Crippen molar-refractivity contribution >= 4 is 5.65 Å². The summed E-state index contributed by atoms with van der Waals surface area (Å²) in [6.07, 6.45) is 8.30. The molecule has 70 valence electrons. The molecular weight excluding hydrogens is 162 g/mol. The molecule has 0 fully saturated rings. The minimum Gasteiger partial charge on any atom is -0.290 e. The molecule has 0 bridgehead atoms. The van der Waals surface area contributed by atoms with Crippen molar-refractivity contribution in [1.82, 2.24) is 14.4 Å². The second-order valence-corrected chi connectivity index (χ2v) is 2.43. The lowest BCUT2D eigenvalue weighted by Gasteiger charge is -1.96. The molecule has 2 heterocycles. The standard InChI is InChI=1S/C8H9N3.C2H6/c1-2-7-5-9-6-11-4-3-10-8(7)11;1-2/h3-6H,2H2,1H3;1-2H3. The first kappa shape index (κ1) is 9.71. The van der Waals surface area contributed by atoms with E-state index in [9.17, 15) is 0 Å². The van der Waals surface area contributed by atoms with Gasteiger partial charge in [-0.05, 0) is 6.42 Å². The summed E-state index contributed by atoms with van der Waals surface area (Å²) in [6, 6.07) is 0. The average molecular weight is 177 g/mol. The second kappa shape index (κ2) is 4.60.